The van der Waals surface area contributed by atoms with E-state index in [9.17, 15) is 4.79 Å². The maximum Gasteiger partial charge on any atom is 0.150 e. The zero-order valence-electron chi connectivity index (χ0n) is 8.57. The Morgan fingerprint density at radius 2 is 2.00 bits per heavy atom. The average Bonchev–Trinajstić information content (AvgIpc) is 2.42. The Balaban J connectivity index is 2.00. The predicted octanol–water partition coefficient (Wildman–Crippen LogP) is 1.34. The highest BCUT2D eigenvalue weighted by Gasteiger charge is 2.40. The van der Waals surface area contributed by atoms with Gasteiger partial charge in [0.25, 0.3) is 0 Å². The van der Waals surface area contributed by atoms with Crippen LogP contribution in [-0.4, -0.2) is 29.8 Å². The summed E-state index contributed by atoms with van der Waals surface area (Å²) in [5, 5.41) is 8.49. The number of rotatable bonds is 2. The van der Waals surface area contributed by atoms with Gasteiger partial charge in [-0.25, -0.2) is 0 Å². The SMILES string of the molecule is CN1C2CCC1CC(C(=O)CC#N)C2. The standard InChI is InChI=1S/C11H16N2O/c1-13-9-2-3-10(13)7-8(6-9)11(14)4-5-12/h8-10H,2-4,6-7H2,1H3. The van der Waals surface area contributed by atoms with Gasteiger partial charge < -0.3 is 4.90 Å². The highest BCUT2D eigenvalue weighted by molar-refractivity contribution is 5.83. The van der Waals surface area contributed by atoms with Gasteiger partial charge in [-0.3, -0.25) is 4.79 Å². The van der Waals surface area contributed by atoms with E-state index in [1.165, 1.54) is 12.8 Å². The van der Waals surface area contributed by atoms with Gasteiger partial charge in [-0.15, -0.1) is 0 Å². The van der Waals surface area contributed by atoms with E-state index < -0.39 is 0 Å². The van der Waals surface area contributed by atoms with E-state index in [1.807, 2.05) is 6.07 Å². The van der Waals surface area contributed by atoms with Gasteiger partial charge >= 0.3 is 0 Å². The predicted molar refractivity (Wildman–Crippen MR) is 52.5 cm³/mol. The first kappa shape index (κ1) is 9.67. The molecule has 0 N–H and O–H groups in total. The molecule has 2 rings (SSSR count). The molecule has 0 aromatic carbocycles. The zero-order valence-corrected chi connectivity index (χ0v) is 8.57. The Hall–Kier alpha value is -0.880. The molecule has 0 saturated carbocycles. The minimum atomic E-state index is 0.105. The molecule has 0 aromatic heterocycles. The quantitative estimate of drug-likeness (QED) is 0.663. The summed E-state index contributed by atoms with van der Waals surface area (Å²) in [6.45, 7) is 0. The van der Waals surface area contributed by atoms with Gasteiger partial charge in [0.1, 0.15) is 5.78 Å². The Morgan fingerprint density at radius 1 is 1.43 bits per heavy atom. The van der Waals surface area contributed by atoms with Crippen LogP contribution in [0.25, 0.3) is 0 Å². The Morgan fingerprint density at radius 3 is 2.50 bits per heavy atom. The molecule has 14 heavy (non-hydrogen) atoms. The molecule has 2 fully saturated rings. The lowest BCUT2D eigenvalue weighted by Gasteiger charge is -2.35. The van der Waals surface area contributed by atoms with Crippen molar-refractivity contribution in [3.05, 3.63) is 0 Å². The second-order valence-electron chi connectivity index (χ2n) is 4.52. The number of nitriles is 1. The first-order chi connectivity index (χ1) is 6.72. The lowest BCUT2D eigenvalue weighted by atomic mass is 9.87. The lowest BCUT2D eigenvalue weighted by Crippen LogP contribution is -2.41. The van der Waals surface area contributed by atoms with Crippen LogP contribution < -0.4 is 0 Å². The van der Waals surface area contributed by atoms with E-state index in [-0.39, 0.29) is 18.1 Å². The van der Waals surface area contributed by atoms with Crippen molar-refractivity contribution in [2.45, 2.75) is 44.2 Å². The number of Topliss-reactive ketones (excluding diaryl/α,β-unsaturated/α-hetero) is 1. The van der Waals surface area contributed by atoms with Gasteiger partial charge in [-0.2, -0.15) is 5.26 Å². The van der Waals surface area contributed by atoms with Crippen LogP contribution in [-0.2, 0) is 4.79 Å². The molecule has 2 bridgehead atoms. The molecular formula is C11H16N2O. The number of nitrogens with zero attached hydrogens (tertiary/aromatic N) is 2. The van der Waals surface area contributed by atoms with Crippen molar-refractivity contribution >= 4 is 5.78 Å². The summed E-state index contributed by atoms with van der Waals surface area (Å²) < 4.78 is 0. The number of hydrogen-bond donors (Lipinski definition) is 0. The van der Waals surface area contributed by atoms with Crippen LogP contribution in [0.2, 0.25) is 0 Å². The maximum atomic E-state index is 11.6. The fourth-order valence-corrected chi connectivity index (χ4v) is 2.90. The van der Waals surface area contributed by atoms with Crippen molar-refractivity contribution in [2.75, 3.05) is 7.05 Å². The molecule has 0 spiro atoms. The van der Waals surface area contributed by atoms with Crippen LogP contribution >= 0.6 is 0 Å². The Kier molecular flexibility index (Phi) is 2.56. The molecule has 76 valence electrons. The van der Waals surface area contributed by atoms with E-state index in [2.05, 4.69) is 11.9 Å². The largest absolute Gasteiger partial charge is 0.300 e. The summed E-state index contributed by atoms with van der Waals surface area (Å²) in [6.07, 6.45) is 4.53. The van der Waals surface area contributed by atoms with Gasteiger partial charge in [-0.1, -0.05) is 0 Å². The van der Waals surface area contributed by atoms with Crippen molar-refractivity contribution in [1.82, 2.24) is 4.90 Å². The first-order valence-corrected chi connectivity index (χ1v) is 5.34. The average molecular weight is 192 g/mol. The van der Waals surface area contributed by atoms with Gasteiger partial charge in [-0.05, 0) is 32.7 Å². The number of hydrogen-bond acceptors (Lipinski definition) is 3. The molecule has 2 aliphatic heterocycles. The summed E-state index contributed by atoms with van der Waals surface area (Å²) >= 11 is 0. The Labute approximate surface area is 84.7 Å². The van der Waals surface area contributed by atoms with E-state index >= 15 is 0 Å². The second kappa shape index (κ2) is 3.70. The molecule has 2 heterocycles. The molecule has 0 aliphatic carbocycles. The van der Waals surface area contributed by atoms with Gasteiger partial charge in [0.15, 0.2) is 0 Å². The third kappa shape index (κ3) is 1.55. The molecule has 3 heteroatoms. The fourth-order valence-electron chi connectivity index (χ4n) is 2.90. The smallest absolute Gasteiger partial charge is 0.150 e. The highest BCUT2D eigenvalue weighted by atomic mass is 16.1. The molecule has 2 aliphatic rings. The number of piperidine rings is 1. The molecule has 0 aromatic rings. The number of carbonyl (C=O) groups is 1. The van der Waals surface area contributed by atoms with Crippen LogP contribution in [0.5, 0.6) is 0 Å². The minimum absolute atomic E-state index is 0.105. The van der Waals surface area contributed by atoms with Crippen LogP contribution in [0.15, 0.2) is 0 Å². The van der Waals surface area contributed by atoms with E-state index in [4.69, 9.17) is 5.26 Å². The summed E-state index contributed by atoms with van der Waals surface area (Å²) in [5.74, 6) is 0.334. The summed E-state index contributed by atoms with van der Waals surface area (Å²) in [7, 11) is 2.16. The van der Waals surface area contributed by atoms with Crippen LogP contribution in [0.1, 0.15) is 32.1 Å². The van der Waals surface area contributed by atoms with E-state index in [1.54, 1.807) is 0 Å². The highest BCUT2D eigenvalue weighted by Crippen LogP contribution is 2.37. The van der Waals surface area contributed by atoms with Crippen molar-refractivity contribution in [1.29, 1.82) is 5.26 Å². The lowest BCUT2D eigenvalue weighted by molar-refractivity contribution is -0.124. The van der Waals surface area contributed by atoms with Crippen molar-refractivity contribution < 1.29 is 4.79 Å². The zero-order chi connectivity index (χ0) is 10.1. The first-order valence-electron chi connectivity index (χ1n) is 5.34. The van der Waals surface area contributed by atoms with Crippen LogP contribution in [0.4, 0.5) is 0 Å². The van der Waals surface area contributed by atoms with Gasteiger partial charge in [0.2, 0.25) is 0 Å². The van der Waals surface area contributed by atoms with Gasteiger partial charge in [0, 0.05) is 18.0 Å². The summed E-state index contributed by atoms with van der Waals surface area (Å²) in [5.41, 5.74) is 0. The molecule has 2 atom stereocenters. The van der Waals surface area contributed by atoms with Crippen LogP contribution in [0, 0.1) is 17.2 Å². The number of carbonyl (C=O) groups excluding carboxylic acids is 1. The number of ketones is 1. The topological polar surface area (TPSA) is 44.1 Å². The van der Waals surface area contributed by atoms with E-state index in [0.29, 0.717) is 12.1 Å². The van der Waals surface area contributed by atoms with Crippen LogP contribution in [0.3, 0.4) is 0 Å². The third-order valence-electron chi connectivity index (χ3n) is 3.81. The number of fused-ring (bicyclic) bond motifs is 2. The molecule has 0 amide bonds. The third-order valence-corrected chi connectivity index (χ3v) is 3.81. The maximum absolute atomic E-state index is 11.6. The van der Waals surface area contributed by atoms with E-state index in [0.717, 1.165) is 12.8 Å². The normalized spacial score (nSPS) is 36.7. The summed E-state index contributed by atoms with van der Waals surface area (Å²) in [4.78, 5) is 14.0. The van der Waals surface area contributed by atoms with Crippen molar-refractivity contribution in [3.8, 4) is 6.07 Å². The van der Waals surface area contributed by atoms with Gasteiger partial charge in [0.05, 0.1) is 12.5 Å². The molecule has 2 unspecified atom stereocenters. The monoisotopic (exact) mass is 192 g/mol. The molecule has 2 saturated heterocycles. The van der Waals surface area contributed by atoms with Crippen molar-refractivity contribution in [2.24, 2.45) is 5.92 Å². The minimum Gasteiger partial charge on any atom is -0.300 e. The fraction of sp³-hybridized carbons (Fsp3) is 0.818. The second-order valence-corrected chi connectivity index (χ2v) is 4.52. The molecule has 0 radical (unpaired) electrons. The molecule has 3 nitrogen and oxygen atoms in total. The summed E-state index contributed by atoms with van der Waals surface area (Å²) in [6, 6.07) is 3.16. The Bertz CT molecular complexity index is 268. The molecular weight excluding hydrogens is 176 g/mol. The van der Waals surface area contributed by atoms with Crippen molar-refractivity contribution in [3.63, 3.8) is 0 Å².